The lowest BCUT2D eigenvalue weighted by atomic mass is 10.2. The minimum Gasteiger partial charge on any atom is -0.495 e. The van der Waals surface area contributed by atoms with Gasteiger partial charge < -0.3 is 14.2 Å². The Bertz CT molecular complexity index is 1070. The molecular formula is C22H27N3O6S. The van der Waals surface area contributed by atoms with E-state index in [1.165, 1.54) is 13.3 Å². The van der Waals surface area contributed by atoms with Gasteiger partial charge in [0.1, 0.15) is 18.9 Å². The number of hydrogen-bond acceptors (Lipinski definition) is 7. The van der Waals surface area contributed by atoms with Crippen LogP contribution in [0.1, 0.15) is 12.5 Å². The Morgan fingerprint density at radius 2 is 1.91 bits per heavy atom. The number of benzene rings is 2. The number of amides is 1. The summed E-state index contributed by atoms with van der Waals surface area (Å²) in [5, 5.41) is 3.92. The van der Waals surface area contributed by atoms with Crippen LogP contribution >= 0.6 is 0 Å². The molecule has 0 spiro atoms. The van der Waals surface area contributed by atoms with Crippen LogP contribution in [0, 0.1) is 0 Å². The van der Waals surface area contributed by atoms with Gasteiger partial charge in [-0.25, -0.2) is 13.8 Å². The molecule has 172 valence electrons. The fourth-order valence-corrected chi connectivity index (χ4v) is 3.56. The van der Waals surface area contributed by atoms with Crippen LogP contribution in [0.5, 0.6) is 17.2 Å². The van der Waals surface area contributed by atoms with E-state index in [1.54, 1.807) is 48.5 Å². The van der Waals surface area contributed by atoms with Crippen LogP contribution in [0.15, 0.2) is 60.2 Å². The molecule has 2 aromatic carbocycles. The lowest BCUT2D eigenvalue weighted by molar-refractivity contribution is -0.119. The second-order valence-electron chi connectivity index (χ2n) is 6.47. The van der Waals surface area contributed by atoms with Crippen molar-refractivity contribution in [1.82, 2.24) is 5.43 Å². The minimum atomic E-state index is -3.74. The number of hydrazone groups is 1. The molecule has 0 saturated heterocycles. The SMILES string of the molecule is C=CCOc1ccc(/C=N\NC(=O)CN(c2ccccc2OC)S(C)(=O)=O)cc1OCC. The highest BCUT2D eigenvalue weighted by Gasteiger charge is 2.23. The van der Waals surface area contributed by atoms with Crippen LogP contribution in [-0.2, 0) is 14.8 Å². The monoisotopic (exact) mass is 461 g/mol. The van der Waals surface area contributed by atoms with Gasteiger partial charge in [-0.2, -0.15) is 5.10 Å². The summed E-state index contributed by atoms with van der Waals surface area (Å²) in [6.07, 6.45) is 4.07. The lowest BCUT2D eigenvalue weighted by Crippen LogP contribution is -2.39. The summed E-state index contributed by atoms with van der Waals surface area (Å²) in [6.45, 7) is 5.80. The van der Waals surface area contributed by atoms with Crippen LogP contribution in [0.2, 0.25) is 0 Å². The highest BCUT2D eigenvalue weighted by molar-refractivity contribution is 7.92. The predicted octanol–water partition coefficient (Wildman–Crippen LogP) is 2.58. The molecule has 0 aliphatic heterocycles. The van der Waals surface area contributed by atoms with Crippen LogP contribution in [0.3, 0.4) is 0 Å². The van der Waals surface area contributed by atoms with Gasteiger partial charge >= 0.3 is 0 Å². The molecule has 1 N–H and O–H groups in total. The molecule has 2 aromatic rings. The molecule has 0 aliphatic rings. The third kappa shape index (κ3) is 7.02. The topological polar surface area (TPSA) is 107 Å². The molecule has 0 aromatic heterocycles. The van der Waals surface area contributed by atoms with Crippen molar-refractivity contribution in [3.8, 4) is 17.2 Å². The van der Waals surface area contributed by atoms with Gasteiger partial charge in [-0.3, -0.25) is 9.10 Å². The minimum absolute atomic E-state index is 0.257. The van der Waals surface area contributed by atoms with Gasteiger partial charge in [-0.15, -0.1) is 0 Å². The Balaban J connectivity index is 2.11. The number of nitrogens with zero attached hydrogens (tertiary/aromatic N) is 2. The standard InChI is InChI=1S/C22H27N3O6S/c1-5-13-31-20-12-11-17(14-21(20)30-6-2)15-23-24-22(26)16-25(32(4,27)28)18-9-7-8-10-19(18)29-3/h5,7-12,14-15H,1,6,13,16H2,2-4H3,(H,24,26)/b23-15-. The zero-order valence-electron chi connectivity index (χ0n) is 18.3. The molecule has 0 atom stereocenters. The first-order chi connectivity index (χ1) is 15.3. The predicted molar refractivity (Wildman–Crippen MR) is 124 cm³/mol. The summed E-state index contributed by atoms with van der Waals surface area (Å²) >= 11 is 0. The Morgan fingerprint density at radius 1 is 1.16 bits per heavy atom. The van der Waals surface area contributed by atoms with Crippen LogP contribution in [0.4, 0.5) is 5.69 Å². The molecule has 2 rings (SSSR count). The van der Waals surface area contributed by atoms with Gasteiger partial charge in [0, 0.05) is 0 Å². The fraction of sp³-hybridized carbons (Fsp3) is 0.273. The van der Waals surface area contributed by atoms with Gasteiger partial charge in [-0.1, -0.05) is 24.8 Å². The van der Waals surface area contributed by atoms with E-state index in [-0.39, 0.29) is 5.69 Å². The van der Waals surface area contributed by atoms with Crippen molar-refractivity contribution < 1.29 is 27.4 Å². The number of carbonyl (C=O) groups is 1. The van der Waals surface area contributed by atoms with E-state index >= 15 is 0 Å². The summed E-state index contributed by atoms with van der Waals surface area (Å²) in [7, 11) is -2.32. The summed E-state index contributed by atoms with van der Waals surface area (Å²) in [6, 6.07) is 11.7. The molecule has 0 aliphatic carbocycles. The fourth-order valence-electron chi connectivity index (χ4n) is 2.70. The lowest BCUT2D eigenvalue weighted by Gasteiger charge is -2.23. The van der Waals surface area contributed by atoms with Gasteiger partial charge in [0.25, 0.3) is 5.91 Å². The average Bonchev–Trinajstić information content (AvgIpc) is 2.76. The zero-order valence-corrected chi connectivity index (χ0v) is 19.1. The molecule has 0 radical (unpaired) electrons. The van der Waals surface area contributed by atoms with Gasteiger partial charge in [0.05, 0.1) is 31.9 Å². The number of sulfonamides is 1. The number of carbonyl (C=O) groups excluding carboxylic acids is 1. The number of rotatable bonds is 12. The van der Waals surface area contributed by atoms with Crippen molar-refractivity contribution >= 4 is 27.8 Å². The first-order valence-electron chi connectivity index (χ1n) is 9.73. The quantitative estimate of drug-likeness (QED) is 0.296. The van der Waals surface area contributed by atoms with E-state index in [2.05, 4.69) is 17.1 Å². The second kappa shape index (κ2) is 11.8. The number of ether oxygens (including phenoxy) is 3. The van der Waals surface area contributed by atoms with Gasteiger partial charge in [0.15, 0.2) is 11.5 Å². The molecule has 0 unspecified atom stereocenters. The highest BCUT2D eigenvalue weighted by atomic mass is 32.2. The number of anilines is 1. The number of hydrogen-bond donors (Lipinski definition) is 1. The summed E-state index contributed by atoms with van der Waals surface area (Å²) in [4.78, 5) is 12.4. The molecule has 0 heterocycles. The maximum atomic E-state index is 12.4. The van der Waals surface area contributed by atoms with Crippen LogP contribution < -0.4 is 23.9 Å². The Morgan fingerprint density at radius 3 is 2.56 bits per heavy atom. The third-order valence-corrected chi connectivity index (χ3v) is 5.20. The van der Waals surface area contributed by atoms with Gasteiger partial charge in [-0.05, 0) is 42.8 Å². The molecule has 9 nitrogen and oxygen atoms in total. The van der Waals surface area contributed by atoms with Crippen LogP contribution in [-0.4, -0.2) is 53.7 Å². The number of para-hydroxylation sites is 2. The van der Waals surface area contributed by atoms with Crippen LogP contribution in [0.25, 0.3) is 0 Å². The maximum Gasteiger partial charge on any atom is 0.260 e. The molecule has 32 heavy (non-hydrogen) atoms. The molecule has 0 fully saturated rings. The van der Waals surface area contributed by atoms with E-state index in [1.807, 2.05) is 6.92 Å². The number of nitrogens with one attached hydrogen (secondary N) is 1. The molecule has 10 heteroatoms. The van der Waals surface area contributed by atoms with Crippen molar-refractivity contribution in [2.45, 2.75) is 6.92 Å². The molecule has 0 saturated carbocycles. The average molecular weight is 462 g/mol. The third-order valence-electron chi connectivity index (χ3n) is 4.07. The molecular weight excluding hydrogens is 434 g/mol. The molecule has 1 amide bonds. The summed E-state index contributed by atoms with van der Waals surface area (Å²) in [5.41, 5.74) is 3.25. The van der Waals surface area contributed by atoms with Crippen molar-refractivity contribution in [1.29, 1.82) is 0 Å². The van der Waals surface area contributed by atoms with E-state index in [9.17, 15) is 13.2 Å². The second-order valence-corrected chi connectivity index (χ2v) is 8.38. The van der Waals surface area contributed by atoms with E-state index in [0.29, 0.717) is 36.0 Å². The van der Waals surface area contributed by atoms with Crippen molar-refractivity contribution in [2.75, 3.05) is 37.4 Å². The first-order valence-corrected chi connectivity index (χ1v) is 11.6. The Kier molecular flexibility index (Phi) is 9.08. The first kappa shape index (κ1) is 24.7. The normalized spacial score (nSPS) is 11.1. The Hall–Kier alpha value is -3.53. The van der Waals surface area contributed by atoms with E-state index in [4.69, 9.17) is 14.2 Å². The van der Waals surface area contributed by atoms with Crippen molar-refractivity contribution in [3.63, 3.8) is 0 Å². The Labute approximate surface area is 188 Å². The zero-order chi connectivity index (χ0) is 23.6. The van der Waals surface area contributed by atoms with E-state index in [0.717, 1.165) is 10.6 Å². The number of methoxy groups -OCH3 is 1. The van der Waals surface area contributed by atoms with Crippen molar-refractivity contribution in [2.24, 2.45) is 5.10 Å². The highest BCUT2D eigenvalue weighted by Crippen LogP contribution is 2.29. The summed E-state index contributed by atoms with van der Waals surface area (Å²) < 4.78 is 41.8. The maximum absolute atomic E-state index is 12.4. The largest absolute Gasteiger partial charge is 0.495 e. The van der Waals surface area contributed by atoms with Crippen molar-refractivity contribution in [3.05, 3.63) is 60.7 Å². The smallest absolute Gasteiger partial charge is 0.260 e. The summed E-state index contributed by atoms with van der Waals surface area (Å²) in [5.74, 6) is 0.808. The van der Waals surface area contributed by atoms with Gasteiger partial charge in [0.2, 0.25) is 10.0 Å². The molecule has 0 bridgehead atoms. The van der Waals surface area contributed by atoms with E-state index < -0.39 is 22.5 Å².